The molecule has 0 radical (unpaired) electrons. The Hall–Kier alpha value is -2.36. The number of nitro benzene ring substituents is 1. The maximum atomic E-state index is 12.8. The van der Waals surface area contributed by atoms with Gasteiger partial charge in [0.25, 0.3) is 5.69 Å². The largest absolute Gasteiger partial charge is 0.416 e. The number of halogens is 3. The van der Waals surface area contributed by atoms with Crippen LogP contribution in [0.25, 0.3) is 0 Å². The zero-order valence-corrected chi connectivity index (χ0v) is 15.8. The molecular weight excluding hydrogens is 379 g/mol. The van der Waals surface area contributed by atoms with Crippen molar-refractivity contribution < 1.29 is 27.6 Å². The van der Waals surface area contributed by atoms with E-state index in [1.165, 1.54) is 0 Å². The van der Waals surface area contributed by atoms with E-state index in [4.69, 9.17) is 4.74 Å². The molecular formula is C18H24F3N3O4. The van der Waals surface area contributed by atoms with Crippen LogP contribution in [0.5, 0.6) is 0 Å². The second-order valence-electron chi connectivity index (χ2n) is 6.91. The predicted octanol–water partition coefficient (Wildman–Crippen LogP) is 3.37. The molecule has 1 N–H and O–H groups in total. The quantitative estimate of drug-likeness (QED) is 0.557. The molecule has 1 aliphatic rings. The standard InChI is InChI=1S/C18H24F3N3O4/c1-12(7-10-28-2)22-17(25)13-5-8-23(9-6-13)15-4-3-14(18(19,20)21)11-16(15)24(26)27/h3-4,11-13H,5-10H2,1-2H3,(H,22,25)/t12-/m1/s1. The van der Waals surface area contributed by atoms with Crippen molar-refractivity contribution in [2.24, 2.45) is 5.92 Å². The monoisotopic (exact) mass is 403 g/mol. The van der Waals surface area contributed by atoms with Crippen molar-refractivity contribution >= 4 is 17.3 Å². The lowest BCUT2D eigenvalue weighted by Gasteiger charge is -2.33. The second kappa shape index (κ2) is 9.22. The fourth-order valence-corrected chi connectivity index (χ4v) is 3.22. The SMILES string of the molecule is COCC[C@@H](C)NC(=O)C1CCN(c2ccc(C(F)(F)F)cc2[N+](=O)[O-])CC1. The first kappa shape index (κ1) is 21.9. The smallest absolute Gasteiger partial charge is 0.385 e. The third-order valence-corrected chi connectivity index (χ3v) is 4.85. The van der Waals surface area contributed by atoms with E-state index in [2.05, 4.69) is 5.32 Å². The lowest BCUT2D eigenvalue weighted by molar-refractivity contribution is -0.384. The zero-order valence-electron chi connectivity index (χ0n) is 15.8. The van der Waals surface area contributed by atoms with E-state index in [-0.39, 0.29) is 23.6 Å². The molecule has 0 saturated carbocycles. The van der Waals surface area contributed by atoms with Crippen molar-refractivity contribution in [3.8, 4) is 0 Å². The van der Waals surface area contributed by atoms with Gasteiger partial charge in [-0.3, -0.25) is 14.9 Å². The zero-order chi connectivity index (χ0) is 20.9. The summed E-state index contributed by atoms with van der Waals surface area (Å²) in [6.45, 7) is 3.14. The van der Waals surface area contributed by atoms with Gasteiger partial charge in [-0.25, -0.2) is 0 Å². The first-order valence-electron chi connectivity index (χ1n) is 9.03. The van der Waals surface area contributed by atoms with Crippen molar-refractivity contribution in [3.05, 3.63) is 33.9 Å². The van der Waals surface area contributed by atoms with Crippen LogP contribution < -0.4 is 10.2 Å². The topological polar surface area (TPSA) is 84.7 Å². The van der Waals surface area contributed by atoms with Gasteiger partial charge in [-0.05, 0) is 38.3 Å². The highest BCUT2D eigenvalue weighted by molar-refractivity contribution is 5.79. The highest BCUT2D eigenvalue weighted by Gasteiger charge is 2.35. The maximum Gasteiger partial charge on any atom is 0.416 e. The number of methoxy groups -OCH3 is 1. The summed E-state index contributed by atoms with van der Waals surface area (Å²) in [4.78, 5) is 24.5. The minimum atomic E-state index is -4.64. The van der Waals surface area contributed by atoms with Crippen LogP contribution in [0.4, 0.5) is 24.5 Å². The molecule has 2 rings (SSSR count). The number of hydrogen-bond donors (Lipinski definition) is 1. The van der Waals surface area contributed by atoms with E-state index >= 15 is 0 Å². The van der Waals surface area contributed by atoms with Gasteiger partial charge >= 0.3 is 6.18 Å². The molecule has 28 heavy (non-hydrogen) atoms. The Morgan fingerprint density at radius 3 is 2.57 bits per heavy atom. The van der Waals surface area contributed by atoms with Crippen LogP contribution in [-0.2, 0) is 15.7 Å². The molecule has 0 aromatic heterocycles. The molecule has 0 bridgehead atoms. The van der Waals surface area contributed by atoms with Crippen LogP contribution in [0.3, 0.4) is 0 Å². The Labute approximate surface area is 161 Å². The Bertz CT molecular complexity index is 704. The molecule has 1 amide bonds. The number of carbonyl (C=O) groups excluding carboxylic acids is 1. The van der Waals surface area contributed by atoms with Gasteiger partial charge in [-0.2, -0.15) is 13.2 Å². The first-order chi connectivity index (χ1) is 13.1. The number of ether oxygens (including phenoxy) is 1. The molecule has 1 aliphatic heterocycles. The highest BCUT2D eigenvalue weighted by atomic mass is 19.4. The van der Waals surface area contributed by atoms with Gasteiger partial charge in [0.15, 0.2) is 0 Å². The highest BCUT2D eigenvalue weighted by Crippen LogP contribution is 2.37. The molecule has 1 fully saturated rings. The first-order valence-corrected chi connectivity index (χ1v) is 9.03. The van der Waals surface area contributed by atoms with Gasteiger partial charge in [0.2, 0.25) is 5.91 Å². The van der Waals surface area contributed by atoms with Gasteiger partial charge in [0.05, 0.1) is 10.5 Å². The molecule has 1 aromatic rings. The molecule has 1 aromatic carbocycles. The number of carbonyl (C=O) groups is 1. The van der Waals surface area contributed by atoms with Gasteiger partial charge in [0.1, 0.15) is 5.69 Å². The number of piperidine rings is 1. The molecule has 7 nitrogen and oxygen atoms in total. The fourth-order valence-electron chi connectivity index (χ4n) is 3.22. The number of nitrogens with one attached hydrogen (secondary N) is 1. The Morgan fingerprint density at radius 1 is 1.39 bits per heavy atom. The summed E-state index contributed by atoms with van der Waals surface area (Å²) in [7, 11) is 1.59. The van der Waals surface area contributed by atoms with Crippen LogP contribution >= 0.6 is 0 Å². The third kappa shape index (κ3) is 5.57. The summed E-state index contributed by atoms with van der Waals surface area (Å²) in [5, 5.41) is 14.2. The molecule has 0 unspecified atom stereocenters. The van der Waals surface area contributed by atoms with Crippen molar-refractivity contribution in [3.63, 3.8) is 0 Å². The lowest BCUT2D eigenvalue weighted by Crippen LogP contribution is -2.43. The molecule has 156 valence electrons. The van der Waals surface area contributed by atoms with Gasteiger partial charge in [-0.1, -0.05) is 0 Å². The number of nitrogens with zero attached hydrogens (tertiary/aromatic N) is 2. The van der Waals surface area contributed by atoms with Crippen LogP contribution in [-0.4, -0.2) is 43.7 Å². The van der Waals surface area contributed by atoms with Crippen molar-refractivity contribution in [1.29, 1.82) is 0 Å². The number of amides is 1. The summed E-state index contributed by atoms with van der Waals surface area (Å²) in [5.41, 5.74) is -1.49. The number of nitro groups is 1. The van der Waals surface area contributed by atoms with Crippen molar-refractivity contribution in [1.82, 2.24) is 5.32 Å². The number of benzene rings is 1. The minimum absolute atomic E-state index is 0.0264. The van der Waals surface area contributed by atoms with Crippen LogP contribution in [0.15, 0.2) is 18.2 Å². The third-order valence-electron chi connectivity index (χ3n) is 4.85. The van der Waals surface area contributed by atoms with Crippen molar-refractivity contribution in [2.75, 3.05) is 31.7 Å². The van der Waals surface area contributed by atoms with E-state index in [1.54, 1.807) is 12.0 Å². The molecule has 1 saturated heterocycles. The minimum Gasteiger partial charge on any atom is -0.385 e. The number of hydrogen-bond acceptors (Lipinski definition) is 5. The molecule has 1 atom stereocenters. The van der Waals surface area contributed by atoms with E-state index in [0.29, 0.717) is 45.0 Å². The summed E-state index contributed by atoms with van der Waals surface area (Å²) >= 11 is 0. The summed E-state index contributed by atoms with van der Waals surface area (Å²) in [6.07, 6.45) is -3.01. The Kier molecular flexibility index (Phi) is 7.22. The normalized spacial score (nSPS) is 16.7. The molecule has 0 spiro atoms. The van der Waals surface area contributed by atoms with E-state index in [1.807, 2.05) is 6.92 Å². The van der Waals surface area contributed by atoms with Gasteiger partial charge in [0, 0.05) is 44.8 Å². The molecule has 10 heteroatoms. The average molecular weight is 403 g/mol. The van der Waals surface area contributed by atoms with Gasteiger partial charge in [-0.15, -0.1) is 0 Å². The predicted molar refractivity (Wildman–Crippen MR) is 97.1 cm³/mol. The van der Waals surface area contributed by atoms with Crippen molar-refractivity contribution in [2.45, 2.75) is 38.4 Å². The van der Waals surface area contributed by atoms with Crippen LogP contribution in [0, 0.1) is 16.0 Å². The summed E-state index contributed by atoms with van der Waals surface area (Å²) < 4.78 is 43.5. The lowest BCUT2D eigenvalue weighted by atomic mass is 9.94. The summed E-state index contributed by atoms with van der Waals surface area (Å²) in [5.74, 6) is -0.306. The molecule has 0 aliphatic carbocycles. The van der Waals surface area contributed by atoms with E-state index in [9.17, 15) is 28.1 Å². The molecule has 1 heterocycles. The van der Waals surface area contributed by atoms with E-state index in [0.717, 1.165) is 12.1 Å². The fraction of sp³-hybridized carbons (Fsp3) is 0.611. The van der Waals surface area contributed by atoms with Gasteiger partial charge < -0.3 is 15.0 Å². The number of rotatable bonds is 7. The number of alkyl halides is 3. The van der Waals surface area contributed by atoms with Crippen LogP contribution in [0.1, 0.15) is 31.7 Å². The Morgan fingerprint density at radius 2 is 2.04 bits per heavy atom. The summed E-state index contributed by atoms with van der Waals surface area (Å²) in [6, 6.07) is 2.51. The average Bonchev–Trinajstić information content (AvgIpc) is 2.65. The maximum absolute atomic E-state index is 12.8. The Balaban J connectivity index is 2.03. The van der Waals surface area contributed by atoms with Crippen LogP contribution in [0.2, 0.25) is 0 Å². The number of anilines is 1. The van der Waals surface area contributed by atoms with E-state index < -0.39 is 22.4 Å². The second-order valence-corrected chi connectivity index (χ2v) is 6.91.